The maximum Gasteiger partial charge on any atom is 0.253 e. The molecule has 3 aromatic rings. The summed E-state index contributed by atoms with van der Waals surface area (Å²) in [6, 6.07) is 15.2. The highest BCUT2D eigenvalue weighted by Crippen LogP contribution is 2.26. The third-order valence-electron chi connectivity index (χ3n) is 6.58. The molecule has 5 rings (SSSR count). The van der Waals surface area contributed by atoms with Gasteiger partial charge < -0.3 is 19.9 Å². The zero-order valence-electron chi connectivity index (χ0n) is 19.4. The van der Waals surface area contributed by atoms with Crippen molar-refractivity contribution in [2.24, 2.45) is 5.92 Å². The van der Waals surface area contributed by atoms with Crippen molar-refractivity contribution in [1.82, 2.24) is 14.7 Å². The van der Waals surface area contributed by atoms with E-state index in [1.54, 1.807) is 17.1 Å². The highest BCUT2D eigenvalue weighted by atomic mass is 35.5. The van der Waals surface area contributed by atoms with E-state index in [1.807, 2.05) is 53.4 Å². The molecule has 0 saturated carbocycles. The van der Waals surface area contributed by atoms with Crippen LogP contribution in [0.3, 0.4) is 0 Å². The van der Waals surface area contributed by atoms with Crippen LogP contribution < -0.4 is 10.2 Å². The largest absolute Gasteiger partial charge is 0.381 e. The second-order valence-corrected chi connectivity index (χ2v) is 9.23. The fourth-order valence-electron chi connectivity index (χ4n) is 4.53. The predicted octanol–water partition coefficient (Wildman–Crippen LogP) is 3.85. The summed E-state index contributed by atoms with van der Waals surface area (Å²) in [6.45, 7) is 4.01. The molecule has 2 aromatic carbocycles. The van der Waals surface area contributed by atoms with Gasteiger partial charge >= 0.3 is 0 Å². The van der Waals surface area contributed by atoms with Gasteiger partial charge in [0.2, 0.25) is 5.91 Å². The summed E-state index contributed by atoms with van der Waals surface area (Å²) in [7, 11) is 0. The second-order valence-electron chi connectivity index (χ2n) is 8.83. The fraction of sp³-hybridized carbons (Fsp3) is 0.346. The highest BCUT2D eigenvalue weighted by Gasteiger charge is 2.24. The molecule has 35 heavy (non-hydrogen) atoms. The molecule has 2 fully saturated rings. The van der Waals surface area contributed by atoms with Gasteiger partial charge in [0.15, 0.2) is 0 Å². The number of nitrogens with zero attached hydrogens (tertiary/aromatic N) is 4. The molecular weight excluding hydrogens is 466 g/mol. The van der Waals surface area contributed by atoms with Gasteiger partial charge in [0.1, 0.15) is 0 Å². The van der Waals surface area contributed by atoms with Crippen molar-refractivity contribution in [3.63, 3.8) is 0 Å². The van der Waals surface area contributed by atoms with Crippen LogP contribution in [0.2, 0.25) is 5.02 Å². The standard InChI is InChI=1S/C26H28ClN5O3/c27-23-3-1-2-4-24(23)30-11-13-31(14-12-30)26(34)20-5-7-22(8-6-20)32-18-21(17-28-32)29-25(33)19-9-15-35-16-10-19/h1-8,17-19H,9-16H2,(H,29,33). The molecule has 0 spiro atoms. The van der Waals surface area contributed by atoms with E-state index in [0.29, 0.717) is 37.6 Å². The number of hydrogen-bond donors (Lipinski definition) is 1. The SMILES string of the molecule is O=C(Nc1cnn(-c2ccc(C(=O)N3CCN(c4ccccc4Cl)CC3)cc2)c1)C1CCOCC1. The Morgan fingerprint density at radius 3 is 2.40 bits per heavy atom. The quantitative estimate of drug-likeness (QED) is 0.584. The molecule has 0 aliphatic carbocycles. The number of piperazine rings is 1. The van der Waals surface area contributed by atoms with Gasteiger partial charge in [0, 0.05) is 50.9 Å². The number of carbonyl (C=O) groups is 2. The van der Waals surface area contributed by atoms with Crippen molar-refractivity contribution in [3.05, 3.63) is 71.5 Å². The number of anilines is 2. The zero-order chi connectivity index (χ0) is 24.2. The molecule has 9 heteroatoms. The molecule has 1 aromatic heterocycles. The van der Waals surface area contributed by atoms with Crippen LogP contribution in [0, 0.1) is 5.92 Å². The average Bonchev–Trinajstić information content (AvgIpc) is 3.38. The first-order chi connectivity index (χ1) is 17.1. The fourth-order valence-corrected chi connectivity index (χ4v) is 4.79. The topological polar surface area (TPSA) is 79.7 Å². The summed E-state index contributed by atoms with van der Waals surface area (Å²) >= 11 is 6.33. The third kappa shape index (κ3) is 5.33. The van der Waals surface area contributed by atoms with Gasteiger partial charge in [-0.15, -0.1) is 0 Å². The molecule has 2 saturated heterocycles. The van der Waals surface area contributed by atoms with Gasteiger partial charge in [-0.3, -0.25) is 9.59 Å². The lowest BCUT2D eigenvalue weighted by molar-refractivity contribution is -0.122. The Balaban J connectivity index is 1.17. The van der Waals surface area contributed by atoms with Crippen LogP contribution in [0.4, 0.5) is 11.4 Å². The molecule has 2 aliphatic rings. The van der Waals surface area contributed by atoms with Crippen LogP contribution in [0.25, 0.3) is 5.69 Å². The summed E-state index contributed by atoms with van der Waals surface area (Å²) in [6.07, 6.45) is 4.89. The van der Waals surface area contributed by atoms with E-state index in [0.717, 1.165) is 42.3 Å². The number of carbonyl (C=O) groups excluding carboxylic acids is 2. The summed E-state index contributed by atoms with van der Waals surface area (Å²) in [5.74, 6) is -0.00685. The van der Waals surface area contributed by atoms with Gasteiger partial charge in [0.25, 0.3) is 5.91 Å². The number of para-hydroxylation sites is 1. The number of halogens is 1. The van der Waals surface area contributed by atoms with Crippen LogP contribution in [0.1, 0.15) is 23.2 Å². The molecule has 8 nitrogen and oxygen atoms in total. The molecule has 3 heterocycles. The number of benzene rings is 2. The average molecular weight is 494 g/mol. The van der Waals surface area contributed by atoms with E-state index < -0.39 is 0 Å². The first kappa shape index (κ1) is 23.4. The molecule has 0 radical (unpaired) electrons. The van der Waals surface area contributed by atoms with Crippen LogP contribution in [-0.2, 0) is 9.53 Å². The minimum atomic E-state index is -0.0241. The number of amides is 2. The lowest BCUT2D eigenvalue weighted by Crippen LogP contribution is -2.48. The van der Waals surface area contributed by atoms with Crippen molar-refractivity contribution in [2.75, 3.05) is 49.6 Å². The monoisotopic (exact) mass is 493 g/mol. The summed E-state index contributed by atoms with van der Waals surface area (Å²) in [5.41, 5.74) is 3.11. The van der Waals surface area contributed by atoms with Crippen LogP contribution in [0.5, 0.6) is 0 Å². The smallest absolute Gasteiger partial charge is 0.253 e. The number of hydrogen-bond acceptors (Lipinski definition) is 5. The molecule has 182 valence electrons. The molecule has 1 N–H and O–H groups in total. The van der Waals surface area contributed by atoms with E-state index >= 15 is 0 Å². The van der Waals surface area contributed by atoms with Gasteiger partial charge in [-0.2, -0.15) is 5.10 Å². The first-order valence-corrected chi connectivity index (χ1v) is 12.3. The minimum absolute atomic E-state index is 0.00317. The third-order valence-corrected chi connectivity index (χ3v) is 6.90. The number of ether oxygens (including phenoxy) is 1. The van der Waals surface area contributed by atoms with Gasteiger partial charge in [-0.25, -0.2) is 4.68 Å². The van der Waals surface area contributed by atoms with E-state index in [-0.39, 0.29) is 17.7 Å². The summed E-state index contributed by atoms with van der Waals surface area (Å²) in [5, 5.41) is 8.03. The second kappa shape index (κ2) is 10.5. The highest BCUT2D eigenvalue weighted by molar-refractivity contribution is 6.33. The Morgan fingerprint density at radius 1 is 0.971 bits per heavy atom. The lowest BCUT2D eigenvalue weighted by atomic mass is 9.99. The Kier molecular flexibility index (Phi) is 7.01. The zero-order valence-corrected chi connectivity index (χ0v) is 20.2. The molecule has 0 atom stereocenters. The van der Waals surface area contributed by atoms with E-state index in [1.165, 1.54) is 0 Å². The molecule has 2 amide bonds. The predicted molar refractivity (Wildman–Crippen MR) is 135 cm³/mol. The van der Waals surface area contributed by atoms with Crippen LogP contribution >= 0.6 is 11.6 Å². The summed E-state index contributed by atoms with van der Waals surface area (Å²) < 4.78 is 7.01. The maximum absolute atomic E-state index is 13.0. The Hall–Kier alpha value is -3.36. The molecule has 2 aliphatic heterocycles. The minimum Gasteiger partial charge on any atom is -0.381 e. The number of aromatic nitrogens is 2. The van der Waals surface area contributed by atoms with Crippen molar-refractivity contribution in [2.45, 2.75) is 12.8 Å². The Bertz CT molecular complexity index is 1180. The maximum atomic E-state index is 13.0. The number of nitrogens with one attached hydrogen (secondary N) is 1. The van der Waals surface area contributed by atoms with Gasteiger partial charge in [-0.05, 0) is 49.2 Å². The van der Waals surface area contributed by atoms with Crippen molar-refractivity contribution in [3.8, 4) is 5.69 Å². The van der Waals surface area contributed by atoms with Crippen LogP contribution in [0.15, 0.2) is 60.9 Å². The molecular formula is C26H28ClN5O3. The molecule has 0 unspecified atom stereocenters. The Morgan fingerprint density at radius 2 is 1.69 bits per heavy atom. The van der Waals surface area contributed by atoms with Crippen molar-refractivity contribution in [1.29, 1.82) is 0 Å². The van der Waals surface area contributed by atoms with Crippen LogP contribution in [-0.4, -0.2) is 65.9 Å². The first-order valence-electron chi connectivity index (χ1n) is 11.9. The normalized spacial score (nSPS) is 16.8. The van der Waals surface area contributed by atoms with Gasteiger partial charge in [0.05, 0.1) is 34.5 Å². The Labute approximate surface area is 209 Å². The van der Waals surface area contributed by atoms with Gasteiger partial charge in [-0.1, -0.05) is 23.7 Å². The van der Waals surface area contributed by atoms with Crippen molar-refractivity contribution >= 4 is 34.8 Å². The molecule has 0 bridgehead atoms. The summed E-state index contributed by atoms with van der Waals surface area (Å²) in [4.78, 5) is 29.6. The lowest BCUT2D eigenvalue weighted by Gasteiger charge is -2.36. The van der Waals surface area contributed by atoms with E-state index in [4.69, 9.17) is 16.3 Å². The van der Waals surface area contributed by atoms with E-state index in [9.17, 15) is 9.59 Å². The number of rotatable bonds is 5. The van der Waals surface area contributed by atoms with E-state index in [2.05, 4.69) is 15.3 Å². The van der Waals surface area contributed by atoms with Crippen molar-refractivity contribution < 1.29 is 14.3 Å².